The number of ether oxygens (including phenoxy) is 2. The van der Waals surface area contributed by atoms with Crippen LogP contribution in [-0.4, -0.2) is 35.9 Å². The minimum Gasteiger partial charge on any atom is -0.492 e. The number of aliphatic carboxylic acids is 1. The highest BCUT2D eigenvalue weighted by atomic mass is 32.1. The highest BCUT2D eigenvalue weighted by molar-refractivity contribution is 7.17. The second kappa shape index (κ2) is 9.32. The maximum atomic E-state index is 11.3. The van der Waals surface area contributed by atoms with Crippen LogP contribution in [0.15, 0.2) is 58.3 Å². The van der Waals surface area contributed by atoms with Gasteiger partial charge >= 0.3 is 5.97 Å². The topological polar surface area (TPSA) is 81.8 Å². The van der Waals surface area contributed by atoms with Gasteiger partial charge in [0.05, 0.1) is 17.0 Å². The van der Waals surface area contributed by atoms with Crippen LogP contribution in [0.3, 0.4) is 0 Å². The Kier molecular flexibility index (Phi) is 6.34. The van der Waals surface area contributed by atoms with Gasteiger partial charge in [-0.2, -0.15) is 0 Å². The van der Waals surface area contributed by atoms with Crippen LogP contribution in [-0.2, 0) is 22.4 Å². The molecule has 7 heteroatoms. The summed E-state index contributed by atoms with van der Waals surface area (Å²) in [7, 11) is 1.41. The first-order valence-electron chi connectivity index (χ1n) is 9.96. The van der Waals surface area contributed by atoms with Gasteiger partial charge in [-0.25, -0.2) is 9.78 Å². The SMILES string of the molecule is CO[C@@H](Cc1ccc(OCCc2nc(-c3ccccc3)oc2C)c2sccc12)C(=O)O. The summed E-state index contributed by atoms with van der Waals surface area (Å²) in [6.07, 6.45) is 0.0604. The van der Waals surface area contributed by atoms with Crippen molar-refractivity contribution >= 4 is 27.4 Å². The summed E-state index contributed by atoms with van der Waals surface area (Å²) in [6, 6.07) is 15.6. The van der Waals surface area contributed by atoms with Crippen molar-refractivity contribution in [3.8, 4) is 17.2 Å². The number of carbonyl (C=O) groups is 1. The van der Waals surface area contributed by atoms with E-state index in [-0.39, 0.29) is 0 Å². The molecule has 0 aliphatic rings. The average molecular weight is 438 g/mol. The number of rotatable bonds is 9. The maximum Gasteiger partial charge on any atom is 0.333 e. The van der Waals surface area contributed by atoms with E-state index in [2.05, 4.69) is 4.98 Å². The first kappa shape index (κ1) is 21.1. The third kappa shape index (κ3) is 4.62. The normalized spacial score (nSPS) is 12.2. The summed E-state index contributed by atoms with van der Waals surface area (Å²) < 4.78 is 18.0. The van der Waals surface area contributed by atoms with Crippen molar-refractivity contribution in [3.63, 3.8) is 0 Å². The quantitative estimate of drug-likeness (QED) is 0.391. The van der Waals surface area contributed by atoms with Crippen LogP contribution in [0.2, 0.25) is 0 Å². The highest BCUT2D eigenvalue weighted by Gasteiger charge is 2.19. The molecule has 1 N–H and O–H groups in total. The van der Waals surface area contributed by atoms with Crippen LogP contribution in [0.1, 0.15) is 17.0 Å². The molecule has 2 aromatic carbocycles. The van der Waals surface area contributed by atoms with Crippen molar-refractivity contribution in [3.05, 3.63) is 70.9 Å². The number of aromatic nitrogens is 1. The molecule has 0 bridgehead atoms. The number of methoxy groups -OCH3 is 1. The second-order valence-electron chi connectivity index (χ2n) is 7.14. The molecule has 0 saturated heterocycles. The van der Waals surface area contributed by atoms with Crippen LogP contribution < -0.4 is 4.74 Å². The van der Waals surface area contributed by atoms with Crippen molar-refractivity contribution < 1.29 is 23.8 Å². The molecule has 160 valence electrons. The molecule has 0 radical (unpaired) electrons. The summed E-state index contributed by atoms with van der Waals surface area (Å²) in [5.74, 6) is 1.22. The Balaban J connectivity index is 1.46. The number of fused-ring (bicyclic) bond motifs is 1. The number of benzene rings is 2. The third-order valence-corrected chi connectivity index (χ3v) is 6.07. The van der Waals surface area contributed by atoms with Crippen molar-refractivity contribution in [2.75, 3.05) is 13.7 Å². The smallest absolute Gasteiger partial charge is 0.333 e. The largest absolute Gasteiger partial charge is 0.492 e. The van der Waals surface area contributed by atoms with Crippen LogP contribution in [0.25, 0.3) is 21.5 Å². The minimum absolute atomic E-state index is 0.305. The van der Waals surface area contributed by atoms with Gasteiger partial charge in [0.25, 0.3) is 0 Å². The lowest BCUT2D eigenvalue weighted by atomic mass is 10.0. The van der Waals surface area contributed by atoms with E-state index < -0.39 is 12.1 Å². The third-order valence-electron chi connectivity index (χ3n) is 5.15. The molecule has 0 fully saturated rings. The first-order chi connectivity index (χ1) is 15.1. The van der Waals surface area contributed by atoms with E-state index in [0.29, 0.717) is 25.3 Å². The van der Waals surface area contributed by atoms with E-state index in [1.54, 1.807) is 11.3 Å². The number of carboxylic acid groups (broad SMARTS) is 1. The van der Waals surface area contributed by atoms with E-state index in [0.717, 1.165) is 38.4 Å². The number of thiophene rings is 1. The summed E-state index contributed by atoms with van der Waals surface area (Å²) in [5, 5.41) is 12.3. The van der Waals surface area contributed by atoms with Crippen LogP contribution in [0, 0.1) is 6.92 Å². The van der Waals surface area contributed by atoms with Gasteiger partial charge in [-0.3, -0.25) is 0 Å². The van der Waals surface area contributed by atoms with Crippen molar-refractivity contribution in [1.82, 2.24) is 4.98 Å². The fraction of sp³-hybridized carbons (Fsp3) is 0.250. The van der Waals surface area contributed by atoms with Gasteiger partial charge < -0.3 is 19.0 Å². The van der Waals surface area contributed by atoms with Crippen LogP contribution in [0.5, 0.6) is 5.75 Å². The van der Waals surface area contributed by atoms with Crippen LogP contribution >= 0.6 is 11.3 Å². The lowest BCUT2D eigenvalue weighted by molar-refractivity contribution is -0.148. The van der Waals surface area contributed by atoms with Gasteiger partial charge in [0.1, 0.15) is 11.5 Å². The van der Waals surface area contributed by atoms with Gasteiger partial charge in [0.15, 0.2) is 6.10 Å². The Morgan fingerprint density at radius 3 is 2.74 bits per heavy atom. The Hall–Kier alpha value is -3.16. The summed E-state index contributed by atoms with van der Waals surface area (Å²) in [5.41, 5.74) is 2.75. The fourth-order valence-corrected chi connectivity index (χ4v) is 4.39. The zero-order valence-corrected chi connectivity index (χ0v) is 18.1. The molecule has 0 spiro atoms. The Labute approximate surface area is 184 Å². The van der Waals surface area contributed by atoms with E-state index >= 15 is 0 Å². The molecular formula is C24H23NO5S. The Morgan fingerprint density at radius 1 is 1.19 bits per heavy atom. The number of carboxylic acids is 1. The molecule has 0 saturated carbocycles. The molecule has 2 heterocycles. The van der Waals surface area contributed by atoms with Gasteiger partial charge in [0.2, 0.25) is 5.89 Å². The number of hydrogen-bond acceptors (Lipinski definition) is 6. The van der Waals surface area contributed by atoms with E-state index in [1.165, 1.54) is 7.11 Å². The average Bonchev–Trinajstić information content (AvgIpc) is 3.41. The lowest BCUT2D eigenvalue weighted by Gasteiger charge is -2.13. The molecule has 4 aromatic rings. The van der Waals surface area contributed by atoms with E-state index in [9.17, 15) is 9.90 Å². The molecular weight excluding hydrogens is 414 g/mol. The maximum absolute atomic E-state index is 11.3. The molecule has 4 rings (SSSR count). The van der Waals surface area contributed by atoms with Crippen molar-refractivity contribution in [1.29, 1.82) is 0 Å². The molecule has 6 nitrogen and oxygen atoms in total. The van der Waals surface area contributed by atoms with Gasteiger partial charge in [-0.1, -0.05) is 24.3 Å². The molecule has 0 aliphatic carbocycles. The van der Waals surface area contributed by atoms with Gasteiger partial charge in [-0.15, -0.1) is 11.3 Å². The number of nitrogens with zero attached hydrogens (tertiary/aromatic N) is 1. The van der Waals surface area contributed by atoms with Crippen molar-refractivity contribution in [2.24, 2.45) is 0 Å². The predicted molar refractivity (Wildman–Crippen MR) is 120 cm³/mol. The lowest BCUT2D eigenvalue weighted by Crippen LogP contribution is -2.24. The zero-order valence-electron chi connectivity index (χ0n) is 17.3. The second-order valence-corrected chi connectivity index (χ2v) is 8.06. The standard InChI is InChI=1S/C24H23NO5S/c1-15-19(25-23(30-15)16-6-4-3-5-7-16)10-12-29-20-9-8-17(14-21(28-2)24(26)27)18-11-13-31-22(18)20/h3-9,11,13,21H,10,12,14H2,1-2H3,(H,26,27)/t21-/m0/s1. The number of oxazole rings is 1. The number of aryl methyl sites for hydroxylation is 1. The molecule has 0 amide bonds. The predicted octanol–water partition coefficient (Wildman–Crippen LogP) is 5.13. The van der Waals surface area contributed by atoms with E-state index in [4.69, 9.17) is 13.9 Å². The summed E-state index contributed by atoms with van der Waals surface area (Å²) >= 11 is 1.57. The molecule has 0 unspecified atom stereocenters. The highest BCUT2D eigenvalue weighted by Crippen LogP contribution is 2.34. The molecule has 0 aliphatic heterocycles. The fourth-order valence-electron chi connectivity index (χ4n) is 3.48. The molecule has 2 aromatic heterocycles. The van der Waals surface area contributed by atoms with Crippen molar-refractivity contribution in [2.45, 2.75) is 25.9 Å². The van der Waals surface area contributed by atoms with Gasteiger partial charge in [0, 0.05) is 25.5 Å². The van der Waals surface area contributed by atoms with Crippen LogP contribution in [0.4, 0.5) is 0 Å². The Morgan fingerprint density at radius 2 is 2.00 bits per heavy atom. The summed E-state index contributed by atoms with van der Waals surface area (Å²) in [6.45, 7) is 2.37. The first-order valence-corrected chi connectivity index (χ1v) is 10.8. The Bertz CT molecular complexity index is 1180. The van der Waals surface area contributed by atoms with Gasteiger partial charge in [-0.05, 0) is 47.5 Å². The zero-order chi connectivity index (χ0) is 21.8. The monoisotopic (exact) mass is 437 g/mol. The molecule has 1 atom stereocenters. The number of hydrogen-bond donors (Lipinski definition) is 1. The molecule has 31 heavy (non-hydrogen) atoms. The summed E-state index contributed by atoms with van der Waals surface area (Å²) in [4.78, 5) is 15.9. The minimum atomic E-state index is -0.968. The van der Waals surface area contributed by atoms with E-state index in [1.807, 2.05) is 60.8 Å².